The molecule has 0 aromatic rings. The molecule has 2 rings (SSSR count). The lowest BCUT2D eigenvalue weighted by Crippen LogP contribution is -2.34. The van der Waals surface area contributed by atoms with Crippen molar-refractivity contribution in [1.82, 2.24) is 0 Å². The third-order valence-corrected chi connectivity index (χ3v) is 4.28. The van der Waals surface area contributed by atoms with Crippen molar-refractivity contribution in [3.05, 3.63) is 0 Å². The van der Waals surface area contributed by atoms with Crippen LogP contribution in [0.25, 0.3) is 0 Å². The number of carbonyl (C=O) groups is 2. The Kier molecular flexibility index (Phi) is 2.09. The SMILES string of the molecule is CC(C)(C)CC12C(=O)OC(=O)CC1C2(C)C. The molecular weight excluding hydrogens is 204 g/mol. The molecule has 0 radical (unpaired) electrons. The Morgan fingerprint density at radius 3 is 2.31 bits per heavy atom. The Balaban J connectivity index is 2.32. The van der Waals surface area contributed by atoms with Gasteiger partial charge in [-0.25, -0.2) is 0 Å². The highest BCUT2D eigenvalue weighted by Gasteiger charge is 2.78. The van der Waals surface area contributed by atoms with Gasteiger partial charge < -0.3 is 4.74 Å². The van der Waals surface area contributed by atoms with Crippen molar-refractivity contribution in [3.63, 3.8) is 0 Å². The summed E-state index contributed by atoms with van der Waals surface area (Å²) < 4.78 is 4.85. The van der Waals surface area contributed by atoms with Gasteiger partial charge in [0.1, 0.15) is 0 Å². The third-order valence-electron chi connectivity index (χ3n) is 4.28. The number of cyclic esters (lactones) is 2. The van der Waals surface area contributed by atoms with Gasteiger partial charge in [0, 0.05) is 0 Å². The first kappa shape index (κ1) is 11.6. The van der Waals surface area contributed by atoms with Crippen LogP contribution in [0.4, 0.5) is 0 Å². The minimum atomic E-state index is -0.417. The van der Waals surface area contributed by atoms with Crippen molar-refractivity contribution in [2.24, 2.45) is 22.2 Å². The summed E-state index contributed by atoms with van der Waals surface area (Å²) in [4.78, 5) is 23.3. The number of rotatable bonds is 1. The molecule has 2 aliphatic rings. The van der Waals surface area contributed by atoms with E-state index in [1.165, 1.54) is 0 Å². The van der Waals surface area contributed by atoms with Crippen molar-refractivity contribution >= 4 is 11.9 Å². The first-order valence-corrected chi connectivity index (χ1v) is 5.86. The van der Waals surface area contributed by atoms with Gasteiger partial charge in [-0.1, -0.05) is 34.6 Å². The summed E-state index contributed by atoms with van der Waals surface area (Å²) in [7, 11) is 0. The molecule has 0 aromatic heterocycles. The number of esters is 2. The van der Waals surface area contributed by atoms with Crippen molar-refractivity contribution < 1.29 is 14.3 Å². The Morgan fingerprint density at radius 1 is 1.31 bits per heavy atom. The molecule has 3 heteroatoms. The predicted molar refractivity (Wildman–Crippen MR) is 59.5 cm³/mol. The fourth-order valence-electron chi connectivity index (χ4n) is 3.46. The summed E-state index contributed by atoms with van der Waals surface area (Å²) in [5.74, 6) is -0.480. The second kappa shape index (κ2) is 2.88. The third kappa shape index (κ3) is 1.33. The first-order valence-electron chi connectivity index (χ1n) is 5.86. The van der Waals surface area contributed by atoms with E-state index in [0.717, 1.165) is 6.42 Å². The molecule has 1 saturated heterocycles. The highest BCUT2D eigenvalue weighted by Crippen LogP contribution is 2.75. The van der Waals surface area contributed by atoms with E-state index >= 15 is 0 Å². The molecule has 0 spiro atoms. The molecule has 1 aliphatic heterocycles. The Morgan fingerprint density at radius 2 is 1.88 bits per heavy atom. The van der Waals surface area contributed by atoms with Crippen LogP contribution in [0.3, 0.4) is 0 Å². The lowest BCUT2D eigenvalue weighted by Gasteiger charge is -2.28. The van der Waals surface area contributed by atoms with E-state index < -0.39 is 5.41 Å². The fourth-order valence-corrected chi connectivity index (χ4v) is 3.46. The zero-order valence-electron chi connectivity index (χ0n) is 10.7. The molecule has 0 amide bonds. The van der Waals surface area contributed by atoms with E-state index in [9.17, 15) is 9.59 Å². The van der Waals surface area contributed by atoms with Gasteiger partial charge in [-0.3, -0.25) is 9.59 Å². The number of fused-ring (bicyclic) bond motifs is 1. The van der Waals surface area contributed by atoms with Gasteiger partial charge in [0.2, 0.25) is 0 Å². The Bertz CT molecular complexity index is 362. The molecule has 1 heterocycles. The van der Waals surface area contributed by atoms with Gasteiger partial charge in [-0.15, -0.1) is 0 Å². The smallest absolute Gasteiger partial charge is 0.320 e. The molecule has 16 heavy (non-hydrogen) atoms. The van der Waals surface area contributed by atoms with Gasteiger partial charge in [0.05, 0.1) is 11.8 Å². The Labute approximate surface area is 96.5 Å². The summed E-state index contributed by atoms with van der Waals surface area (Å²) in [6, 6.07) is 0. The lowest BCUT2D eigenvalue weighted by atomic mass is 9.78. The lowest BCUT2D eigenvalue weighted by molar-refractivity contribution is -0.169. The maximum Gasteiger partial charge on any atom is 0.320 e. The van der Waals surface area contributed by atoms with Crippen LogP contribution >= 0.6 is 0 Å². The number of hydrogen-bond acceptors (Lipinski definition) is 3. The second-order valence-corrected chi connectivity index (χ2v) is 6.95. The van der Waals surface area contributed by atoms with E-state index in [2.05, 4.69) is 34.6 Å². The van der Waals surface area contributed by atoms with E-state index in [-0.39, 0.29) is 28.7 Å². The molecule has 2 unspecified atom stereocenters. The number of hydrogen-bond donors (Lipinski definition) is 0. The largest absolute Gasteiger partial charge is 0.393 e. The maximum absolute atomic E-state index is 12.0. The van der Waals surface area contributed by atoms with Crippen LogP contribution in [0.2, 0.25) is 0 Å². The molecular formula is C13H20O3. The zero-order chi connectivity index (χ0) is 12.4. The summed E-state index contributed by atoms with van der Waals surface area (Å²) >= 11 is 0. The normalized spacial score (nSPS) is 36.7. The average molecular weight is 224 g/mol. The van der Waals surface area contributed by atoms with E-state index in [1.807, 2.05) is 0 Å². The molecule has 90 valence electrons. The quantitative estimate of drug-likeness (QED) is 0.508. The van der Waals surface area contributed by atoms with Crippen LogP contribution in [-0.2, 0) is 14.3 Å². The average Bonchev–Trinajstić information content (AvgIpc) is 2.48. The molecule has 0 bridgehead atoms. The van der Waals surface area contributed by atoms with Crippen LogP contribution in [0.1, 0.15) is 47.5 Å². The maximum atomic E-state index is 12.0. The van der Waals surface area contributed by atoms with Gasteiger partial charge in [0.15, 0.2) is 0 Å². The molecule has 2 atom stereocenters. The Hall–Kier alpha value is -0.860. The molecule has 1 aliphatic carbocycles. The predicted octanol–water partition coefficient (Wildman–Crippen LogP) is 2.54. The second-order valence-electron chi connectivity index (χ2n) is 6.95. The highest BCUT2D eigenvalue weighted by atomic mass is 16.6. The van der Waals surface area contributed by atoms with Crippen LogP contribution in [0.15, 0.2) is 0 Å². The first-order chi connectivity index (χ1) is 7.11. The van der Waals surface area contributed by atoms with Crippen molar-refractivity contribution in [3.8, 4) is 0 Å². The van der Waals surface area contributed by atoms with E-state index in [4.69, 9.17) is 4.74 Å². The van der Waals surface area contributed by atoms with Crippen molar-refractivity contribution in [1.29, 1.82) is 0 Å². The van der Waals surface area contributed by atoms with Crippen LogP contribution < -0.4 is 0 Å². The molecule has 3 nitrogen and oxygen atoms in total. The van der Waals surface area contributed by atoms with Gasteiger partial charge in [-0.05, 0) is 23.2 Å². The van der Waals surface area contributed by atoms with Gasteiger partial charge in [0.25, 0.3) is 0 Å². The fraction of sp³-hybridized carbons (Fsp3) is 0.846. The van der Waals surface area contributed by atoms with E-state index in [0.29, 0.717) is 6.42 Å². The van der Waals surface area contributed by atoms with Gasteiger partial charge >= 0.3 is 11.9 Å². The van der Waals surface area contributed by atoms with E-state index in [1.54, 1.807) is 0 Å². The minimum Gasteiger partial charge on any atom is -0.393 e. The number of ether oxygens (including phenoxy) is 1. The minimum absolute atomic E-state index is 0.0748. The monoisotopic (exact) mass is 224 g/mol. The summed E-state index contributed by atoms with van der Waals surface area (Å²) in [6.45, 7) is 10.5. The van der Waals surface area contributed by atoms with Crippen molar-refractivity contribution in [2.45, 2.75) is 47.5 Å². The molecule has 1 saturated carbocycles. The van der Waals surface area contributed by atoms with Crippen LogP contribution in [0.5, 0.6) is 0 Å². The topological polar surface area (TPSA) is 43.4 Å². The van der Waals surface area contributed by atoms with Crippen molar-refractivity contribution in [2.75, 3.05) is 0 Å². The zero-order valence-corrected chi connectivity index (χ0v) is 10.7. The highest BCUT2D eigenvalue weighted by molar-refractivity contribution is 5.96. The summed E-state index contributed by atoms with van der Waals surface area (Å²) in [5, 5.41) is 0. The van der Waals surface area contributed by atoms with Crippen LogP contribution in [0, 0.1) is 22.2 Å². The molecule has 2 fully saturated rings. The summed E-state index contributed by atoms with van der Waals surface area (Å²) in [5.41, 5.74) is -0.436. The number of carbonyl (C=O) groups excluding carboxylic acids is 2. The standard InChI is InChI=1S/C13H20O3/c1-11(2,3)7-13-8(12(13,4)5)6-9(14)16-10(13)15/h8H,6-7H2,1-5H3. The summed E-state index contributed by atoms with van der Waals surface area (Å²) in [6.07, 6.45) is 1.19. The molecule has 0 aromatic carbocycles. The molecule has 0 N–H and O–H groups in total. The van der Waals surface area contributed by atoms with Gasteiger partial charge in [-0.2, -0.15) is 0 Å². The van der Waals surface area contributed by atoms with Crippen LogP contribution in [-0.4, -0.2) is 11.9 Å².